The minimum atomic E-state index is -0.925. The molecule has 0 saturated carbocycles. The molecular weight excluding hydrogens is 631 g/mol. The molecule has 47 heavy (non-hydrogen) atoms. The van der Waals surface area contributed by atoms with Crippen molar-refractivity contribution in [1.29, 1.82) is 0 Å². The van der Waals surface area contributed by atoms with Gasteiger partial charge in [-0.2, -0.15) is 0 Å². The molecule has 0 bridgehead atoms. The molecule has 1 saturated heterocycles. The Morgan fingerprint density at radius 1 is 0.872 bits per heavy atom. The first-order valence-electron chi connectivity index (χ1n) is 15.2. The lowest BCUT2D eigenvalue weighted by atomic mass is 9.95. The number of Topliss-reactive ketones (excluding diaryl/α,β-unsaturated/α-hetero) is 1. The van der Waals surface area contributed by atoms with Crippen molar-refractivity contribution in [2.45, 2.75) is 43.5 Å². The Labute approximate surface area is 281 Å². The third-order valence-corrected chi connectivity index (χ3v) is 9.95. The predicted molar refractivity (Wildman–Crippen MR) is 185 cm³/mol. The van der Waals surface area contributed by atoms with Crippen LogP contribution in [-0.2, 0) is 21.9 Å². The molecule has 0 spiro atoms. The number of benzene rings is 4. The first-order chi connectivity index (χ1) is 22.8. The molecule has 2 heterocycles. The highest BCUT2D eigenvalue weighted by molar-refractivity contribution is 8.00. The number of aliphatic hydroxyl groups is 1. The van der Waals surface area contributed by atoms with Gasteiger partial charge in [0.25, 0.3) is 5.78 Å². The number of carbonyl (C=O) groups is 2. The second-order valence-corrected chi connectivity index (χ2v) is 13.2. The summed E-state index contributed by atoms with van der Waals surface area (Å²) in [7, 11) is 0. The third kappa shape index (κ3) is 7.08. The number of nitrogens with zero attached hydrogens (tertiary/aromatic N) is 3. The summed E-state index contributed by atoms with van der Waals surface area (Å²) < 4.78 is 12.2. The number of rotatable bonds is 11. The van der Waals surface area contributed by atoms with Crippen molar-refractivity contribution in [1.82, 2.24) is 10.2 Å². The molecule has 0 aliphatic carbocycles. The van der Waals surface area contributed by atoms with Crippen LogP contribution in [0.5, 0.6) is 11.5 Å². The topological polar surface area (TPSA) is 102 Å². The summed E-state index contributed by atoms with van der Waals surface area (Å²) in [5, 5.41) is 20.5. The summed E-state index contributed by atoms with van der Waals surface area (Å²) in [6.07, 6.45) is 0. The number of aliphatic hydroxyl groups excluding tert-OH is 1. The summed E-state index contributed by atoms with van der Waals surface area (Å²) in [5.41, 5.74) is 5.50. The Balaban J connectivity index is 1.30. The SMILES string of the molecule is CCOc1ccc(C2C(=C(O)c3ccc(OCc4ccccc4C)cc3)C(=O)C(=O)N2c2nnc(SCc3ccc(C)cc3)s2)cc1. The minimum Gasteiger partial charge on any atom is -0.507 e. The Morgan fingerprint density at radius 2 is 1.55 bits per heavy atom. The van der Waals surface area contributed by atoms with Crippen LogP contribution in [0.1, 0.15) is 46.3 Å². The van der Waals surface area contributed by atoms with Gasteiger partial charge in [-0.3, -0.25) is 14.5 Å². The van der Waals surface area contributed by atoms with Crippen molar-refractivity contribution in [3.63, 3.8) is 0 Å². The maximum absolute atomic E-state index is 13.7. The fourth-order valence-electron chi connectivity index (χ4n) is 5.24. The maximum Gasteiger partial charge on any atom is 0.301 e. The molecule has 238 valence electrons. The maximum atomic E-state index is 13.7. The zero-order valence-electron chi connectivity index (χ0n) is 26.2. The average Bonchev–Trinajstić information content (AvgIpc) is 3.66. The van der Waals surface area contributed by atoms with Crippen LogP contribution in [0.3, 0.4) is 0 Å². The Kier molecular flexibility index (Phi) is 9.70. The number of aryl methyl sites for hydroxylation is 2. The largest absolute Gasteiger partial charge is 0.507 e. The number of ketones is 1. The Hall–Kier alpha value is -4.93. The summed E-state index contributed by atoms with van der Waals surface area (Å²) in [4.78, 5) is 28.6. The van der Waals surface area contributed by atoms with Gasteiger partial charge >= 0.3 is 5.91 Å². The van der Waals surface area contributed by atoms with Crippen LogP contribution >= 0.6 is 23.1 Å². The van der Waals surface area contributed by atoms with Gasteiger partial charge < -0.3 is 14.6 Å². The first-order valence-corrected chi connectivity index (χ1v) is 17.0. The average molecular weight is 664 g/mol. The zero-order valence-corrected chi connectivity index (χ0v) is 27.8. The van der Waals surface area contributed by atoms with Gasteiger partial charge in [0, 0.05) is 11.3 Å². The van der Waals surface area contributed by atoms with Crippen LogP contribution in [0.25, 0.3) is 5.76 Å². The van der Waals surface area contributed by atoms with Crippen LogP contribution in [0.4, 0.5) is 5.13 Å². The van der Waals surface area contributed by atoms with Crippen molar-refractivity contribution < 1.29 is 24.2 Å². The van der Waals surface area contributed by atoms with E-state index in [1.165, 1.54) is 33.6 Å². The summed E-state index contributed by atoms with van der Waals surface area (Å²) in [6.45, 7) is 6.86. The second kappa shape index (κ2) is 14.2. The van der Waals surface area contributed by atoms with Gasteiger partial charge in [-0.1, -0.05) is 89.3 Å². The summed E-state index contributed by atoms with van der Waals surface area (Å²) >= 11 is 2.74. The van der Waals surface area contributed by atoms with E-state index in [2.05, 4.69) is 34.5 Å². The van der Waals surface area contributed by atoms with Crippen LogP contribution in [0, 0.1) is 13.8 Å². The number of hydrogen-bond donors (Lipinski definition) is 1. The van der Waals surface area contributed by atoms with Crippen molar-refractivity contribution in [2.24, 2.45) is 0 Å². The van der Waals surface area contributed by atoms with Crippen LogP contribution in [0.2, 0.25) is 0 Å². The Morgan fingerprint density at radius 3 is 2.26 bits per heavy atom. The molecular formula is C37H33N3O5S2. The minimum absolute atomic E-state index is 0.0307. The van der Waals surface area contributed by atoms with Gasteiger partial charge in [-0.25, -0.2) is 0 Å². The number of anilines is 1. The molecule has 6 rings (SSSR count). The summed E-state index contributed by atoms with van der Waals surface area (Å²) in [6, 6.07) is 29.3. The van der Waals surface area contributed by atoms with E-state index in [1.54, 1.807) is 48.5 Å². The van der Waals surface area contributed by atoms with Gasteiger partial charge in [0.2, 0.25) is 5.13 Å². The van der Waals surface area contributed by atoms with Gasteiger partial charge in [0.1, 0.15) is 23.9 Å². The lowest BCUT2D eigenvalue weighted by molar-refractivity contribution is -0.132. The number of carbonyl (C=O) groups excluding carboxylic acids is 2. The molecule has 1 atom stereocenters. The molecule has 1 aliphatic heterocycles. The molecule has 5 aromatic rings. The van der Waals surface area contributed by atoms with E-state index in [-0.39, 0.29) is 16.5 Å². The van der Waals surface area contributed by atoms with Crippen molar-refractivity contribution in [2.75, 3.05) is 11.5 Å². The lowest BCUT2D eigenvalue weighted by Gasteiger charge is -2.22. The second-order valence-electron chi connectivity index (χ2n) is 11.0. The smallest absolute Gasteiger partial charge is 0.301 e. The van der Waals surface area contributed by atoms with E-state index >= 15 is 0 Å². The van der Waals surface area contributed by atoms with Crippen LogP contribution in [-0.4, -0.2) is 33.6 Å². The number of amides is 1. The summed E-state index contributed by atoms with van der Waals surface area (Å²) in [5.74, 6) is 0.0765. The molecule has 1 N–H and O–H groups in total. The Bertz CT molecular complexity index is 1920. The lowest BCUT2D eigenvalue weighted by Crippen LogP contribution is -2.29. The number of thioether (sulfide) groups is 1. The zero-order chi connectivity index (χ0) is 32.9. The molecule has 10 heteroatoms. The van der Waals surface area contributed by atoms with Crippen molar-refractivity contribution >= 4 is 45.7 Å². The van der Waals surface area contributed by atoms with Crippen molar-refractivity contribution in [3.8, 4) is 11.5 Å². The van der Waals surface area contributed by atoms with Crippen LogP contribution in [0.15, 0.2) is 107 Å². The monoisotopic (exact) mass is 663 g/mol. The number of ether oxygens (including phenoxy) is 2. The number of hydrogen-bond acceptors (Lipinski definition) is 9. The highest BCUT2D eigenvalue weighted by Gasteiger charge is 2.48. The standard InChI is InChI=1S/C37H33N3O5S2/c1-4-44-29-17-13-26(14-18-29)32-31(33(41)27-15-19-30(20-16-27)45-21-28-8-6-5-7-24(28)3)34(42)35(43)40(32)36-38-39-37(47-36)46-22-25-11-9-23(2)10-12-25/h5-20,32,41H,4,21-22H2,1-3H3. The fourth-order valence-corrected chi connectivity index (χ4v) is 7.07. The number of aromatic nitrogens is 2. The third-order valence-electron chi connectivity index (χ3n) is 7.82. The highest BCUT2D eigenvalue weighted by Crippen LogP contribution is 2.44. The van der Waals surface area contributed by atoms with Gasteiger partial charge in [0.05, 0.1) is 18.2 Å². The van der Waals surface area contributed by atoms with E-state index in [1.807, 2.05) is 45.0 Å². The van der Waals surface area contributed by atoms with E-state index < -0.39 is 17.7 Å². The molecule has 0 radical (unpaired) electrons. The van der Waals surface area contributed by atoms with Gasteiger partial charge in [-0.05, 0) is 79.4 Å². The molecule has 1 aliphatic rings. The molecule has 1 aromatic heterocycles. The molecule has 8 nitrogen and oxygen atoms in total. The quantitative estimate of drug-likeness (QED) is 0.0498. The van der Waals surface area contributed by atoms with E-state index in [9.17, 15) is 14.7 Å². The van der Waals surface area contributed by atoms with Gasteiger partial charge in [-0.15, -0.1) is 10.2 Å². The first kappa shape index (κ1) is 32.0. The van der Waals surface area contributed by atoms with Crippen molar-refractivity contribution in [3.05, 3.63) is 136 Å². The molecule has 1 fully saturated rings. The van der Waals surface area contributed by atoms with Crippen LogP contribution < -0.4 is 14.4 Å². The predicted octanol–water partition coefficient (Wildman–Crippen LogP) is 8.05. The highest BCUT2D eigenvalue weighted by atomic mass is 32.2. The van der Waals surface area contributed by atoms with Gasteiger partial charge in [0.15, 0.2) is 4.34 Å². The molecule has 1 amide bonds. The normalized spacial score (nSPS) is 15.6. The van der Waals surface area contributed by atoms with E-state index in [0.717, 1.165) is 16.7 Å². The molecule has 1 unspecified atom stereocenters. The fraction of sp³-hybridized carbons (Fsp3) is 0.189. The van der Waals surface area contributed by atoms with E-state index in [4.69, 9.17) is 9.47 Å². The molecule has 4 aromatic carbocycles. The van der Waals surface area contributed by atoms with E-state index in [0.29, 0.717) is 45.9 Å².